The first-order valence-electron chi connectivity index (χ1n) is 10.5. The molecular weight excluding hydrogens is 506 g/mol. The van der Waals surface area contributed by atoms with E-state index in [9.17, 15) is 17.2 Å². The fourth-order valence-corrected chi connectivity index (χ4v) is 4.94. The van der Waals surface area contributed by atoms with Crippen molar-refractivity contribution in [2.75, 3.05) is 18.9 Å². The van der Waals surface area contributed by atoms with Crippen LogP contribution in [-0.2, 0) is 10.0 Å². The number of hydrogen-bond acceptors (Lipinski definition) is 8. The van der Waals surface area contributed by atoms with Gasteiger partial charge in [0.2, 0.25) is 16.0 Å². The number of rotatable bonds is 9. The SMILES string of the molecule is COc1cccc(OC)c1-n1c(NS(=O)(=O)C(C)C(C)c2ncc(Cl)cn2)nnc1[C@@H]1CC1(F)F. The Kier molecular flexibility index (Phi) is 6.58. The first-order chi connectivity index (χ1) is 16.5. The van der Waals surface area contributed by atoms with E-state index >= 15 is 0 Å². The Bertz CT molecular complexity index is 1310. The molecule has 1 aliphatic carbocycles. The summed E-state index contributed by atoms with van der Waals surface area (Å²) in [7, 11) is -1.32. The second-order valence-electron chi connectivity index (χ2n) is 8.15. The summed E-state index contributed by atoms with van der Waals surface area (Å²) in [5.41, 5.74) is 0.194. The molecular formula is C21H23ClF2N6O4S. The van der Waals surface area contributed by atoms with Crippen LogP contribution in [-0.4, -0.2) is 58.5 Å². The molecule has 3 aromatic rings. The predicted molar refractivity (Wildman–Crippen MR) is 124 cm³/mol. The maximum absolute atomic E-state index is 14.0. The van der Waals surface area contributed by atoms with Crippen molar-refractivity contribution < 1.29 is 26.7 Å². The van der Waals surface area contributed by atoms with E-state index < -0.39 is 39.5 Å². The lowest BCUT2D eigenvalue weighted by atomic mass is 10.1. The van der Waals surface area contributed by atoms with Gasteiger partial charge in [0.15, 0.2) is 0 Å². The first-order valence-corrected chi connectivity index (χ1v) is 12.5. The highest BCUT2D eigenvalue weighted by Crippen LogP contribution is 2.56. The zero-order valence-corrected chi connectivity index (χ0v) is 20.8. The molecule has 1 N–H and O–H groups in total. The minimum atomic E-state index is -4.12. The first kappa shape index (κ1) is 25.0. The number of halogens is 3. The number of hydrogen-bond donors (Lipinski definition) is 1. The van der Waals surface area contributed by atoms with Gasteiger partial charge >= 0.3 is 0 Å². The van der Waals surface area contributed by atoms with Gasteiger partial charge in [0, 0.05) is 24.7 Å². The number of methoxy groups -OCH3 is 2. The van der Waals surface area contributed by atoms with Gasteiger partial charge < -0.3 is 9.47 Å². The smallest absolute Gasteiger partial charge is 0.259 e. The Morgan fingerprint density at radius 2 is 1.71 bits per heavy atom. The fourth-order valence-electron chi connectivity index (χ4n) is 3.61. The highest BCUT2D eigenvalue weighted by atomic mass is 35.5. The number of ether oxygens (including phenoxy) is 2. The molecule has 0 radical (unpaired) electrons. The standard InChI is InChI=1S/C21H23ClF2N6O4S/c1-11(18-25-9-13(22)10-26-18)12(2)35(31,32)29-20-28-27-19(14-8-21(14,23)24)30(20)17-15(33-3)6-5-7-16(17)34-4/h5-7,9-12,14H,8H2,1-4H3,(H,28,29)/t11?,12?,14-/m0/s1. The van der Waals surface area contributed by atoms with Crippen molar-refractivity contribution in [1.29, 1.82) is 0 Å². The molecule has 188 valence electrons. The van der Waals surface area contributed by atoms with Crippen molar-refractivity contribution in [3.8, 4) is 17.2 Å². The van der Waals surface area contributed by atoms with Gasteiger partial charge in [-0.1, -0.05) is 24.6 Å². The maximum atomic E-state index is 14.0. The summed E-state index contributed by atoms with van der Waals surface area (Å²) in [4.78, 5) is 8.19. The zero-order valence-electron chi connectivity index (χ0n) is 19.2. The van der Waals surface area contributed by atoms with Crippen molar-refractivity contribution >= 4 is 27.6 Å². The molecule has 2 heterocycles. The number of anilines is 1. The Balaban J connectivity index is 1.77. The number of aromatic nitrogens is 5. The Hall–Kier alpha value is -3.06. The highest BCUT2D eigenvalue weighted by Gasteiger charge is 2.60. The number of nitrogens with one attached hydrogen (secondary N) is 1. The largest absolute Gasteiger partial charge is 0.494 e. The lowest BCUT2D eigenvalue weighted by Crippen LogP contribution is -2.31. The van der Waals surface area contributed by atoms with Crippen LogP contribution in [0.15, 0.2) is 30.6 Å². The quantitative estimate of drug-likeness (QED) is 0.445. The molecule has 0 aliphatic heterocycles. The summed E-state index contributed by atoms with van der Waals surface area (Å²) in [5.74, 6) is -4.45. The number of para-hydroxylation sites is 1. The second kappa shape index (κ2) is 9.19. The van der Waals surface area contributed by atoms with Crippen LogP contribution in [0.5, 0.6) is 11.5 Å². The molecule has 1 aromatic carbocycles. The summed E-state index contributed by atoms with van der Waals surface area (Å²) >= 11 is 5.82. The minimum absolute atomic E-state index is 0.114. The molecule has 2 unspecified atom stereocenters. The third-order valence-electron chi connectivity index (χ3n) is 5.93. The highest BCUT2D eigenvalue weighted by molar-refractivity contribution is 7.93. The van der Waals surface area contributed by atoms with Gasteiger partial charge in [-0.15, -0.1) is 10.2 Å². The Morgan fingerprint density at radius 3 is 2.23 bits per heavy atom. The van der Waals surface area contributed by atoms with Crippen LogP contribution >= 0.6 is 11.6 Å². The lowest BCUT2D eigenvalue weighted by molar-refractivity contribution is 0.110. The Labute approximate surface area is 205 Å². The molecule has 1 saturated carbocycles. The molecule has 10 nitrogen and oxygen atoms in total. The number of nitrogens with zero attached hydrogens (tertiary/aromatic N) is 5. The molecule has 0 saturated heterocycles. The molecule has 0 bridgehead atoms. The van der Waals surface area contributed by atoms with Crippen molar-refractivity contribution in [1.82, 2.24) is 24.7 Å². The van der Waals surface area contributed by atoms with Crippen molar-refractivity contribution in [3.05, 3.63) is 47.3 Å². The molecule has 2 aromatic heterocycles. The van der Waals surface area contributed by atoms with E-state index in [0.717, 1.165) is 0 Å². The van der Waals surface area contributed by atoms with Gasteiger partial charge in [-0.05, 0) is 19.1 Å². The summed E-state index contributed by atoms with van der Waals surface area (Å²) < 4.78 is 69.1. The molecule has 0 spiro atoms. The average Bonchev–Trinajstić information content (AvgIpc) is 3.28. The molecule has 1 fully saturated rings. The zero-order chi connectivity index (χ0) is 25.5. The summed E-state index contributed by atoms with van der Waals surface area (Å²) in [6, 6.07) is 4.83. The molecule has 4 rings (SSSR count). The van der Waals surface area contributed by atoms with Crippen LogP contribution in [0.25, 0.3) is 5.69 Å². The van der Waals surface area contributed by atoms with E-state index in [0.29, 0.717) is 5.02 Å². The van der Waals surface area contributed by atoms with E-state index in [2.05, 4.69) is 24.9 Å². The van der Waals surface area contributed by atoms with Crippen LogP contribution in [0, 0.1) is 0 Å². The predicted octanol–water partition coefficient (Wildman–Crippen LogP) is 3.78. The maximum Gasteiger partial charge on any atom is 0.259 e. The van der Waals surface area contributed by atoms with Crippen LogP contribution < -0.4 is 14.2 Å². The third kappa shape index (κ3) is 4.74. The van der Waals surface area contributed by atoms with Gasteiger partial charge in [-0.2, -0.15) is 0 Å². The van der Waals surface area contributed by atoms with Gasteiger partial charge in [0.25, 0.3) is 5.92 Å². The van der Waals surface area contributed by atoms with E-state index in [1.54, 1.807) is 25.1 Å². The molecule has 35 heavy (non-hydrogen) atoms. The second-order valence-corrected chi connectivity index (χ2v) is 10.6. The van der Waals surface area contributed by atoms with Crippen LogP contribution in [0.3, 0.4) is 0 Å². The van der Waals surface area contributed by atoms with E-state index in [-0.39, 0.29) is 34.8 Å². The van der Waals surface area contributed by atoms with Crippen LogP contribution in [0.2, 0.25) is 5.02 Å². The lowest BCUT2D eigenvalue weighted by Gasteiger charge is -2.21. The number of benzene rings is 1. The molecule has 14 heteroatoms. The molecule has 0 amide bonds. The normalized spacial score (nSPS) is 18.5. The van der Waals surface area contributed by atoms with E-state index in [1.165, 1.54) is 38.1 Å². The summed E-state index contributed by atoms with van der Waals surface area (Å²) in [5, 5.41) is 7.11. The van der Waals surface area contributed by atoms with E-state index in [4.69, 9.17) is 21.1 Å². The monoisotopic (exact) mass is 528 g/mol. The van der Waals surface area contributed by atoms with Gasteiger partial charge in [0.05, 0.1) is 30.4 Å². The van der Waals surface area contributed by atoms with Crippen molar-refractivity contribution in [2.24, 2.45) is 0 Å². The minimum Gasteiger partial charge on any atom is -0.494 e. The third-order valence-corrected chi connectivity index (χ3v) is 7.98. The fraction of sp³-hybridized carbons (Fsp3) is 0.429. The van der Waals surface area contributed by atoms with E-state index in [1.807, 2.05) is 0 Å². The van der Waals surface area contributed by atoms with Gasteiger partial charge in [-0.25, -0.2) is 27.2 Å². The molecule has 1 aliphatic rings. The average molecular weight is 529 g/mol. The summed E-state index contributed by atoms with van der Waals surface area (Å²) in [6.45, 7) is 3.13. The van der Waals surface area contributed by atoms with Crippen LogP contribution in [0.4, 0.5) is 14.7 Å². The number of sulfonamides is 1. The topological polar surface area (TPSA) is 121 Å². The van der Waals surface area contributed by atoms with Crippen molar-refractivity contribution in [2.45, 2.75) is 43.3 Å². The summed E-state index contributed by atoms with van der Waals surface area (Å²) in [6.07, 6.45) is 2.32. The van der Waals surface area contributed by atoms with Gasteiger partial charge in [0.1, 0.15) is 28.8 Å². The van der Waals surface area contributed by atoms with Gasteiger partial charge in [-0.3, -0.25) is 9.29 Å². The van der Waals surface area contributed by atoms with Crippen LogP contribution in [0.1, 0.15) is 43.8 Å². The Morgan fingerprint density at radius 1 is 1.14 bits per heavy atom. The van der Waals surface area contributed by atoms with Crippen molar-refractivity contribution in [3.63, 3.8) is 0 Å². The molecule has 3 atom stereocenters. The number of alkyl halides is 2.